The number of aryl methyl sites for hydroxylation is 2. The summed E-state index contributed by atoms with van der Waals surface area (Å²) in [6, 6.07) is 15.7. The second-order valence-corrected chi connectivity index (χ2v) is 8.56. The first-order chi connectivity index (χ1) is 16.0. The number of thioether (sulfide) groups is 1. The van der Waals surface area contributed by atoms with Crippen molar-refractivity contribution in [3.05, 3.63) is 70.4 Å². The highest BCUT2D eigenvalue weighted by Gasteiger charge is 2.15. The average Bonchev–Trinajstić information content (AvgIpc) is 3.34. The van der Waals surface area contributed by atoms with Gasteiger partial charge in [0.15, 0.2) is 5.16 Å². The first-order valence-corrected chi connectivity index (χ1v) is 12.2. The van der Waals surface area contributed by atoms with E-state index >= 15 is 0 Å². The Kier molecular flexibility index (Phi) is 6.98. The molecule has 172 valence electrons. The van der Waals surface area contributed by atoms with E-state index in [0.717, 1.165) is 28.6 Å². The summed E-state index contributed by atoms with van der Waals surface area (Å²) in [7, 11) is 0. The maximum atomic E-state index is 12.6. The molecule has 2 aromatic heterocycles. The van der Waals surface area contributed by atoms with Crippen molar-refractivity contribution in [2.24, 2.45) is 0 Å². The van der Waals surface area contributed by atoms with Gasteiger partial charge in [-0.05, 0) is 44.5 Å². The van der Waals surface area contributed by atoms with Crippen LogP contribution in [0.25, 0.3) is 11.0 Å². The van der Waals surface area contributed by atoms with Gasteiger partial charge in [-0.3, -0.25) is 13.9 Å². The maximum Gasteiger partial charge on any atom is 0.329 e. The van der Waals surface area contributed by atoms with Crippen molar-refractivity contribution in [3.63, 3.8) is 0 Å². The topological polar surface area (TPSA) is 86.7 Å². The number of benzene rings is 2. The van der Waals surface area contributed by atoms with Gasteiger partial charge in [0.25, 0.3) is 0 Å². The molecule has 2 aromatic carbocycles. The predicted molar refractivity (Wildman–Crippen MR) is 132 cm³/mol. The third kappa shape index (κ3) is 4.73. The number of carbonyl (C=O) groups excluding carboxylic acids is 1. The molecule has 2 heterocycles. The molecule has 0 fully saturated rings. The number of hydrogen-bond donors (Lipinski definition) is 1. The van der Waals surface area contributed by atoms with Gasteiger partial charge in [-0.25, -0.2) is 4.79 Å². The van der Waals surface area contributed by atoms with Gasteiger partial charge in [0.1, 0.15) is 5.82 Å². The second kappa shape index (κ2) is 10.1. The fourth-order valence-corrected chi connectivity index (χ4v) is 4.81. The maximum absolute atomic E-state index is 12.6. The van der Waals surface area contributed by atoms with E-state index in [0.29, 0.717) is 25.2 Å². The number of anilines is 1. The van der Waals surface area contributed by atoms with Crippen molar-refractivity contribution < 1.29 is 4.79 Å². The Balaban J connectivity index is 1.44. The fourth-order valence-electron chi connectivity index (χ4n) is 3.99. The minimum atomic E-state index is -0.130. The number of imidazole rings is 1. The summed E-state index contributed by atoms with van der Waals surface area (Å²) in [5, 5.41) is 12.3. The first-order valence-electron chi connectivity index (χ1n) is 11.2. The molecule has 1 N–H and O–H groups in total. The Morgan fingerprint density at radius 2 is 1.61 bits per heavy atom. The molecule has 0 unspecified atom stereocenters. The normalized spacial score (nSPS) is 11.2. The third-order valence-corrected chi connectivity index (χ3v) is 6.55. The highest BCUT2D eigenvalue weighted by Crippen LogP contribution is 2.21. The Hall–Kier alpha value is -3.33. The molecule has 0 aliphatic heterocycles. The lowest BCUT2D eigenvalue weighted by atomic mass is 10.1. The average molecular weight is 465 g/mol. The summed E-state index contributed by atoms with van der Waals surface area (Å²) in [5.74, 6) is 0.975. The molecule has 0 aliphatic carbocycles. The van der Waals surface area contributed by atoms with Crippen LogP contribution < -0.4 is 11.0 Å². The number of nitrogens with one attached hydrogen (secondary N) is 1. The van der Waals surface area contributed by atoms with Gasteiger partial charge in [-0.15, -0.1) is 10.2 Å². The van der Waals surface area contributed by atoms with Gasteiger partial charge >= 0.3 is 5.69 Å². The molecule has 33 heavy (non-hydrogen) atoms. The Morgan fingerprint density at radius 3 is 2.30 bits per heavy atom. The van der Waals surface area contributed by atoms with Gasteiger partial charge in [0, 0.05) is 31.7 Å². The highest BCUT2D eigenvalue weighted by molar-refractivity contribution is 7.99. The molecule has 0 bridgehead atoms. The smallest absolute Gasteiger partial charge is 0.325 e. The van der Waals surface area contributed by atoms with Gasteiger partial charge in [-0.2, -0.15) is 0 Å². The van der Waals surface area contributed by atoms with Crippen LogP contribution in [0.1, 0.15) is 32.2 Å². The molecule has 0 atom stereocenters. The molecular formula is C24H28N6O2S. The molecular weight excluding hydrogens is 436 g/mol. The van der Waals surface area contributed by atoms with Crippen LogP contribution in [-0.4, -0.2) is 35.6 Å². The highest BCUT2D eigenvalue weighted by atomic mass is 32.2. The van der Waals surface area contributed by atoms with Gasteiger partial charge in [0.05, 0.1) is 16.8 Å². The van der Waals surface area contributed by atoms with Crippen LogP contribution >= 0.6 is 11.8 Å². The largest absolute Gasteiger partial charge is 0.329 e. The van der Waals surface area contributed by atoms with Crippen LogP contribution in [0.4, 0.5) is 5.69 Å². The van der Waals surface area contributed by atoms with E-state index in [1.54, 1.807) is 9.13 Å². The van der Waals surface area contributed by atoms with Crippen molar-refractivity contribution >= 4 is 34.4 Å². The molecule has 0 spiro atoms. The Labute approximate surface area is 196 Å². The number of hydrogen-bond acceptors (Lipinski definition) is 5. The molecule has 9 heteroatoms. The molecule has 0 saturated carbocycles. The zero-order chi connectivity index (χ0) is 23.4. The summed E-state index contributed by atoms with van der Waals surface area (Å²) in [6.45, 7) is 7.86. The molecule has 0 radical (unpaired) electrons. The summed E-state index contributed by atoms with van der Waals surface area (Å²) in [6.07, 6.45) is 0.699. The second-order valence-electron chi connectivity index (χ2n) is 7.62. The lowest BCUT2D eigenvalue weighted by molar-refractivity contribution is -0.113. The summed E-state index contributed by atoms with van der Waals surface area (Å²) in [4.78, 5) is 25.2. The van der Waals surface area contributed by atoms with E-state index in [4.69, 9.17) is 0 Å². The van der Waals surface area contributed by atoms with Crippen LogP contribution in [0.3, 0.4) is 0 Å². The van der Waals surface area contributed by atoms with Crippen LogP contribution in [0, 0.1) is 0 Å². The monoisotopic (exact) mass is 464 g/mol. The van der Waals surface area contributed by atoms with E-state index in [1.165, 1.54) is 17.3 Å². The molecule has 0 aliphatic rings. The van der Waals surface area contributed by atoms with Crippen LogP contribution in [-0.2, 0) is 30.8 Å². The number of nitrogens with zero attached hydrogens (tertiary/aromatic N) is 5. The van der Waals surface area contributed by atoms with Gasteiger partial charge in [-0.1, -0.05) is 42.1 Å². The van der Waals surface area contributed by atoms with E-state index in [-0.39, 0.29) is 17.3 Å². The van der Waals surface area contributed by atoms with Crippen molar-refractivity contribution in [1.82, 2.24) is 23.9 Å². The van der Waals surface area contributed by atoms with Crippen LogP contribution in [0.15, 0.2) is 58.5 Å². The summed E-state index contributed by atoms with van der Waals surface area (Å²) < 4.78 is 5.51. The van der Waals surface area contributed by atoms with E-state index < -0.39 is 0 Å². The quantitative estimate of drug-likeness (QED) is 0.381. The Bertz CT molecular complexity index is 1320. The zero-order valence-electron chi connectivity index (χ0n) is 19.1. The van der Waals surface area contributed by atoms with Gasteiger partial charge < -0.3 is 9.88 Å². The predicted octanol–water partition coefficient (Wildman–Crippen LogP) is 3.78. The Morgan fingerprint density at radius 1 is 0.909 bits per heavy atom. The molecule has 8 nitrogen and oxygen atoms in total. The van der Waals surface area contributed by atoms with Crippen molar-refractivity contribution in [2.45, 2.75) is 52.0 Å². The summed E-state index contributed by atoms with van der Waals surface area (Å²) >= 11 is 1.37. The lowest BCUT2D eigenvalue weighted by Gasteiger charge is -2.08. The van der Waals surface area contributed by atoms with E-state index in [2.05, 4.69) is 27.6 Å². The first kappa shape index (κ1) is 22.8. The SMILES string of the molecule is CCn1c(Cc2ccccc2)nnc1SCC(=O)Nc1ccc2c(c1)n(CC)c(=O)n2CC. The molecule has 4 aromatic rings. The standard InChI is InChI=1S/C24H28N6O2S/c1-4-28-19-13-12-18(15-20(19)29(5-2)24(28)32)25-22(31)16-33-23-27-26-21(30(23)6-3)14-17-10-8-7-9-11-17/h7-13,15H,4-6,14,16H2,1-3H3,(H,25,31). The number of carbonyl (C=O) groups is 1. The zero-order valence-corrected chi connectivity index (χ0v) is 19.9. The summed E-state index contributed by atoms with van der Waals surface area (Å²) in [5.41, 5.74) is 3.51. The third-order valence-electron chi connectivity index (χ3n) is 5.58. The van der Waals surface area contributed by atoms with Crippen LogP contribution in [0.5, 0.6) is 0 Å². The molecule has 0 saturated heterocycles. The van der Waals surface area contributed by atoms with Crippen molar-refractivity contribution in [2.75, 3.05) is 11.1 Å². The van der Waals surface area contributed by atoms with E-state index in [9.17, 15) is 9.59 Å². The number of fused-ring (bicyclic) bond motifs is 1. The van der Waals surface area contributed by atoms with Crippen molar-refractivity contribution in [3.8, 4) is 0 Å². The van der Waals surface area contributed by atoms with E-state index in [1.807, 2.05) is 61.7 Å². The van der Waals surface area contributed by atoms with Crippen LogP contribution in [0.2, 0.25) is 0 Å². The molecule has 4 rings (SSSR count). The molecule has 1 amide bonds. The minimum Gasteiger partial charge on any atom is -0.325 e. The van der Waals surface area contributed by atoms with Crippen molar-refractivity contribution in [1.29, 1.82) is 0 Å². The lowest BCUT2D eigenvalue weighted by Crippen LogP contribution is -2.23. The van der Waals surface area contributed by atoms with Gasteiger partial charge in [0.2, 0.25) is 5.91 Å². The number of rotatable bonds is 9. The fraction of sp³-hybridized carbons (Fsp3) is 0.333. The number of aromatic nitrogens is 5. The number of amides is 1. The minimum absolute atomic E-state index is 0.0285.